The molecule has 0 spiro atoms. The molecule has 3 N–H and O–H groups in total. The van der Waals surface area contributed by atoms with E-state index in [0.717, 1.165) is 94.1 Å². The summed E-state index contributed by atoms with van der Waals surface area (Å²) in [7, 11) is 0. The number of rotatable bonds is 105. The highest BCUT2D eigenvalue weighted by atomic mass is 16.5. The third-order valence-electron chi connectivity index (χ3n) is 30.3. The number of hydrogen-bond donors (Lipinski definition) is 3. The van der Waals surface area contributed by atoms with E-state index in [0.29, 0.717) is 108 Å². The van der Waals surface area contributed by atoms with Crippen LogP contribution in [0.1, 0.15) is 612 Å². The van der Waals surface area contributed by atoms with Crippen LogP contribution in [0.2, 0.25) is 0 Å². The van der Waals surface area contributed by atoms with Crippen LogP contribution in [0.3, 0.4) is 0 Å². The van der Waals surface area contributed by atoms with Gasteiger partial charge in [-0.3, -0.25) is 14.4 Å². The van der Waals surface area contributed by atoms with Crippen LogP contribution in [0.4, 0.5) is 34.1 Å². The van der Waals surface area contributed by atoms with Crippen molar-refractivity contribution in [2.75, 3.05) is 60.5 Å². The number of nitrogens with one attached hydrogen (secondary N) is 3. The average Bonchev–Trinajstić information content (AvgIpc) is 0.794. The minimum Gasteiger partial charge on any atom is -0.490 e. The normalized spacial score (nSPS) is 11.4. The number of hydrogen-bond acceptors (Lipinski definition) is 10. The second-order valence-electron chi connectivity index (χ2n) is 44.0. The second kappa shape index (κ2) is 93.0. The van der Waals surface area contributed by atoms with Gasteiger partial charge in [-0.05, 0) is 166 Å². The number of ether oxygens (including phenoxy) is 6. The van der Waals surface area contributed by atoms with E-state index in [9.17, 15) is 14.4 Å². The summed E-state index contributed by atoms with van der Waals surface area (Å²) in [5.41, 5.74) is 5.86. The molecule has 13 heteroatoms. The van der Waals surface area contributed by atoms with E-state index in [4.69, 9.17) is 28.4 Å². The van der Waals surface area contributed by atoms with Gasteiger partial charge in [-0.15, -0.1) is 0 Å². The number of anilines is 6. The fourth-order valence-electron chi connectivity index (χ4n) is 20.7. The van der Waals surface area contributed by atoms with E-state index in [-0.39, 0.29) is 17.7 Å². The van der Waals surface area contributed by atoms with E-state index in [1.165, 1.54) is 462 Å². The SMILES string of the molecule is CCCCCCCCCCCCCCCCOc1ccc(C(=O)Nc2ccc(N(c3ccc(NC(=O)c4ccc(OCCCCCCCCCCCCCCCC)c(OCCCCCCCCCCCCCCCC)c4)cc3)c3ccc(NC(=O)c4ccc(OCCCCCCCCCCCCCCCC)c(OCCCCCCCCCCCCCCCC)c4)cc3)cc2)cc1OCCCCCCCCCCCCCCCC. The van der Waals surface area contributed by atoms with Crippen LogP contribution in [-0.4, -0.2) is 57.4 Å². The summed E-state index contributed by atoms with van der Waals surface area (Å²) >= 11 is 0. The molecular weight excluding hydrogens is 1820 g/mol. The van der Waals surface area contributed by atoms with Gasteiger partial charge in [0.25, 0.3) is 17.7 Å². The molecule has 6 rings (SSSR count). The number of benzene rings is 6. The summed E-state index contributed by atoms with van der Waals surface area (Å²) in [5.74, 6) is 3.15. The summed E-state index contributed by atoms with van der Waals surface area (Å²) in [6.07, 6.45) is 109. The predicted octanol–water partition coefficient (Wildman–Crippen LogP) is 44.1. The summed E-state index contributed by atoms with van der Waals surface area (Å²) in [5, 5.41) is 9.66. The number of nitrogens with zero attached hydrogens (tertiary/aromatic N) is 1. The lowest BCUT2D eigenvalue weighted by molar-refractivity contribution is 0.101. The Labute approximate surface area is 908 Å². The first-order valence-corrected chi connectivity index (χ1v) is 63.4. The van der Waals surface area contributed by atoms with Gasteiger partial charge < -0.3 is 49.3 Å². The van der Waals surface area contributed by atoms with Crippen LogP contribution < -0.4 is 49.3 Å². The quantitative estimate of drug-likeness (QED) is 0.0316. The first-order chi connectivity index (χ1) is 73.2. The van der Waals surface area contributed by atoms with Crippen molar-refractivity contribution >= 4 is 51.8 Å². The van der Waals surface area contributed by atoms with Crippen LogP contribution in [0.25, 0.3) is 0 Å². The Morgan fingerprint density at radius 2 is 0.291 bits per heavy atom. The molecule has 0 aromatic heterocycles. The fraction of sp³-hybridized carbons (Fsp3) is 0.711. The maximum Gasteiger partial charge on any atom is 0.255 e. The smallest absolute Gasteiger partial charge is 0.255 e. The van der Waals surface area contributed by atoms with Crippen LogP contribution >= 0.6 is 0 Å². The lowest BCUT2D eigenvalue weighted by atomic mass is 10.0. The molecule has 0 heterocycles. The summed E-state index contributed by atoms with van der Waals surface area (Å²) < 4.78 is 39.3. The highest BCUT2D eigenvalue weighted by Gasteiger charge is 2.21. The molecule has 836 valence electrons. The summed E-state index contributed by atoms with van der Waals surface area (Å²) in [6, 6.07) is 40.6. The van der Waals surface area contributed by atoms with Crippen LogP contribution in [-0.2, 0) is 0 Å². The van der Waals surface area contributed by atoms with E-state index in [1.807, 2.05) is 127 Å². The first kappa shape index (κ1) is 129. The average molecular weight is 2050 g/mol. The van der Waals surface area contributed by atoms with Gasteiger partial charge in [-0.25, -0.2) is 0 Å². The van der Waals surface area contributed by atoms with Crippen molar-refractivity contribution in [3.8, 4) is 34.5 Å². The lowest BCUT2D eigenvalue weighted by Crippen LogP contribution is -2.14. The van der Waals surface area contributed by atoms with Crippen molar-refractivity contribution in [1.29, 1.82) is 0 Å². The fourth-order valence-corrected chi connectivity index (χ4v) is 20.7. The maximum atomic E-state index is 14.6. The standard InChI is InChI=1S/C135H222N4O9/c1-7-13-19-25-31-37-43-49-55-61-67-73-79-85-109-143-127-106-91-118(115-130(127)146-112-88-82-76-70-64-58-52-46-40-34-28-22-16-10-4)133(140)136-121-94-100-124(101-95-121)139(125-102-96-122(97-103-125)137-134(141)119-92-107-128(144-110-86-80-74-68-62-56-50-44-38-32-26-20-14-8-2)131(116-119)147-113-89-83-77-71-65-59-53-47-41-35-29-23-17-11-5)126-104-98-123(99-105-126)138-135(142)120-93-108-129(145-111-87-81-75-69-63-57-51-45-39-33-27-21-15-9-3)132(117-120)148-114-90-84-78-72-66-60-54-48-42-36-30-24-18-12-6/h91-108,115-117H,7-90,109-114H2,1-6H3,(H,136,140)(H,137,141)(H,138,142). The molecular formula is C135H222N4O9. The number of amides is 3. The molecule has 148 heavy (non-hydrogen) atoms. The number of carbonyl (C=O) groups excluding carboxylic acids is 3. The van der Waals surface area contributed by atoms with Gasteiger partial charge in [0.1, 0.15) is 0 Å². The Morgan fingerprint density at radius 1 is 0.162 bits per heavy atom. The molecule has 13 nitrogen and oxygen atoms in total. The maximum absolute atomic E-state index is 14.6. The lowest BCUT2D eigenvalue weighted by Gasteiger charge is -2.26. The first-order valence-electron chi connectivity index (χ1n) is 63.4. The van der Waals surface area contributed by atoms with Crippen molar-refractivity contribution < 1.29 is 42.8 Å². The predicted molar refractivity (Wildman–Crippen MR) is 639 cm³/mol. The second-order valence-corrected chi connectivity index (χ2v) is 44.0. The van der Waals surface area contributed by atoms with Crippen LogP contribution in [0.15, 0.2) is 127 Å². The van der Waals surface area contributed by atoms with Gasteiger partial charge in [-0.1, -0.05) is 542 Å². The van der Waals surface area contributed by atoms with Crippen molar-refractivity contribution in [3.05, 3.63) is 144 Å². The Balaban J connectivity index is 1.19. The summed E-state index contributed by atoms with van der Waals surface area (Å²) in [6.45, 7) is 17.2. The van der Waals surface area contributed by atoms with Crippen molar-refractivity contribution in [2.24, 2.45) is 0 Å². The molecule has 0 unspecified atom stereocenters. The van der Waals surface area contributed by atoms with Gasteiger partial charge in [0.15, 0.2) is 34.5 Å². The van der Waals surface area contributed by atoms with Gasteiger partial charge in [-0.2, -0.15) is 0 Å². The highest BCUT2D eigenvalue weighted by Crippen LogP contribution is 2.40. The molecule has 0 atom stereocenters. The van der Waals surface area contributed by atoms with Gasteiger partial charge in [0.2, 0.25) is 0 Å². The van der Waals surface area contributed by atoms with Crippen molar-refractivity contribution in [3.63, 3.8) is 0 Å². The molecule has 3 amide bonds. The Hall–Kier alpha value is -7.67. The zero-order valence-electron chi connectivity index (χ0n) is 96.4. The molecule has 0 aliphatic heterocycles. The summed E-state index contributed by atoms with van der Waals surface area (Å²) in [4.78, 5) is 45.8. The van der Waals surface area contributed by atoms with Gasteiger partial charge >= 0.3 is 0 Å². The molecule has 6 aromatic carbocycles. The topological polar surface area (TPSA) is 146 Å². The molecule has 0 fully saturated rings. The molecule has 0 saturated heterocycles. The molecule has 0 aliphatic rings. The van der Waals surface area contributed by atoms with E-state index in [1.54, 1.807) is 0 Å². The molecule has 0 saturated carbocycles. The number of unbranched alkanes of at least 4 members (excludes halogenated alkanes) is 78. The van der Waals surface area contributed by atoms with Gasteiger partial charge in [0, 0.05) is 50.8 Å². The minimum atomic E-state index is -0.243. The third kappa shape index (κ3) is 65.7. The van der Waals surface area contributed by atoms with E-state index >= 15 is 0 Å². The molecule has 0 bridgehead atoms. The molecule has 6 aromatic rings. The highest BCUT2D eigenvalue weighted by molar-refractivity contribution is 6.06. The Kier molecular flexibility index (Phi) is 81.0. The zero-order valence-corrected chi connectivity index (χ0v) is 96.4. The Morgan fingerprint density at radius 3 is 0.432 bits per heavy atom. The third-order valence-corrected chi connectivity index (χ3v) is 30.3. The van der Waals surface area contributed by atoms with E-state index in [2.05, 4.69) is 62.4 Å². The molecule has 0 aliphatic carbocycles. The van der Waals surface area contributed by atoms with Crippen molar-refractivity contribution in [2.45, 2.75) is 581 Å². The minimum absolute atomic E-state index is 0.243. The monoisotopic (exact) mass is 2040 g/mol. The zero-order chi connectivity index (χ0) is 105. The van der Waals surface area contributed by atoms with Crippen LogP contribution in [0, 0.1) is 0 Å². The van der Waals surface area contributed by atoms with Gasteiger partial charge in [0.05, 0.1) is 39.6 Å². The van der Waals surface area contributed by atoms with Crippen molar-refractivity contribution in [1.82, 2.24) is 0 Å². The number of carbonyl (C=O) groups is 3. The van der Waals surface area contributed by atoms with E-state index < -0.39 is 0 Å². The Bertz CT molecular complexity index is 3660. The van der Waals surface area contributed by atoms with Crippen LogP contribution in [0.5, 0.6) is 34.5 Å². The largest absolute Gasteiger partial charge is 0.490 e. The molecule has 0 radical (unpaired) electrons.